The van der Waals surface area contributed by atoms with E-state index in [1.54, 1.807) is 0 Å². The predicted molar refractivity (Wildman–Crippen MR) is 73.7 cm³/mol. The third kappa shape index (κ3) is 3.02. The number of anilines is 2. The van der Waals surface area contributed by atoms with Crippen LogP contribution in [-0.2, 0) is 0 Å². The van der Waals surface area contributed by atoms with E-state index >= 15 is 0 Å². The van der Waals surface area contributed by atoms with E-state index in [9.17, 15) is 0 Å². The molecule has 1 heterocycles. The predicted octanol–water partition coefficient (Wildman–Crippen LogP) is 2.51. The van der Waals surface area contributed by atoms with Crippen molar-refractivity contribution in [1.82, 2.24) is 15.0 Å². The van der Waals surface area contributed by atoms with Gasteiger partial charge in [-0.2, -0.15) is 15.0 Å². The zero-order valence-corrected chi connectivity index (χ0v) is 11.9. The standard InChI is InChI=1S/C12H20ClN5/c1-12(2)6-4-8(5-7-12)18(3)11-16-9(13)15-10(14)17-11/h8H,4-7H2,1-3H3,(H2,14,15,16,17). The van der Waals surface area contributed by atoms with Gasteiger partial charge in [0.25, 0.3) is 0 Å². The lowest BCUT2D eigenvalue weighted by Gasteiger charge is -2.38. The van der Waals surface area contributed by atoms with Gasteiger partial charge < -0.3 is 10.6 Å². The van der Waals surface area contributed by atoms with Crippen LogP contribution in [0.1, 0.15) is 39.5 Å². The van der Waals surface area contributed by atoms with Crippen LogP contribution in [0.4, 0.5) is 11.9 Å². The van der Waals surface area contributed by atoms with E-state index < -0.39 is 0 Å². The Morgan fingerprint density at radius 2 is 1.83 bits per heavy atom. The molecule has 0 radical (unpaired) electrons. The summed E-state index contributed by atoms with van der Waals surface area (Å²) in [5.41, 5.74) is 6.05. The molecule has 1 saturated carbocycles. The molecule has 0 amide bonds. The summed E-state index contributed by atoms with van der Waals surface area (Å²) >= 11 is 5.81. The fourth-order valence-corrected chi connectivity index (χ4v) is 2.61. The summed E-state index contributed by atoms with van der Waals surface area (Å²) in [7, 11) is 1.99. The summed E-state index contributed by atoms with van der Waals surface area (Å²) in [5, 5.41) is 0.153. The summed E-state index contributed by atoms with van der Waals surface area (Å²) < 4.78 is 0. The molecule has 6 heteroatoms. The van der Waals surface area contributed by atoms with E-state index in [-0.39, 0.29) is 11.2 Å². The molecule has 5 nitrogen and oxygen atoms in total. The van der Waals surface area contributed by atoms with Crippen molar-refractivity contribution in [2.24, 2.45) is 5.41 Å². The maximum Gasteiger partial charge on any atom is 0.231 e. The smallest absolute Gasteiger partial charge is 0.231 e. The highest BCUT2D eigenvalue weighted by molar-refractivity contribution is 6.28. The van der Waals surface area contributed by atoms with Gasteiger partial charge in [0.15, 0.2) is 0 Å². The maximum atomic E-state index is 5.81. The van der Waals surface area contributed by atoms with Gasteiger partial charge in [-0.25, -0.2) is 0 Å². The van der Waals surface area contributed by atoms with Crippen molar-refractivity contribution in [1.29, 1.82) is 0 Å². The van der Waals surface area contributed by atoms with Crippen molar-refractivity contribution in [3.8, 4) is 0 Å². The van der Waals surface area contributed by atoms with Gasteiger partial charge in [0.05, 0.1) is 0 Å². The van der Waals surface area contributed by atoms with Crippen molar-refractivity contribution in [2.45, 2.75) is 45.6 Å². The maximum absolute atomic E-state index is 5.81. The largest absolute Gasteiger partial charge is 0.368 e. The fourth-order valence-electron chi connectivity index (χ4n) is 2.45. The topological polar surface area (TPSA) is 67.9 Å². The average molecular weight is 270 g/mol. The molecular formula is C12H20ClN5. The highest BCUT2D eigenvalue weighted by Crippen LogP contribution is 2.37. The van der Waals surface area contributed by atoms with E-state index in [1.165, 1.54) is 12.8 Å². The van der Waals surface area contributed by atoms with Crippen molar-refractivity contribution in [2.75, 3.05) is 17.7 Å². The molecule has 1 aliphatic carbocycles. The molecule has 0 bridgehead atoms. The molecule has 1 aromatic rings. The van der Waals surface area contributed by atoms with Crippen LogP contribution in [0.5, 0.6) is 0 Å². The van der Waals surface area contributed by atoms with Crippen LogP contribution in [0.3, 0.4) is 0 Å². The Balaban J connectivity index is 2.09. The van der Waals surface area contributed by atoms with Gasteiger partial charge in [-0.05, 0) is 42.7 Å². The fraction of sp³-hybridized carbons (Fsp3) is 0.750. The minimum atomic E-state index is 0.153. The summed E-state index contributed by atoms with van der Waals surface area (Å²) in [6.07, 6.45) is 4.73. The molecule has 0 unspecified atom stereocenters. The number of nitrogens with zero attached hydrogens (tertiary/aromatic N) is 4. The molecule has 0 saturated heterocycles. The van der Waals surface area contributed by atoms with E-state index in [4.69, 9.17) is 17.3 Å². The lowest BCUT2D eigenvalue weighted by atomic mass is 9.75. The van der Waals surface area contributed by atoms with Gasteiger partial charge in [0.1, 0.15) is 0 Å². The molecule has 1 aromatic heterocycles. The first kappa shape index (κ1) is 13.3. The summed E-state index contributed by atoms with van der Waals surface area (Å²) in [5.74, 6) is 0.741. The molecule has 18 heavy (non-hydrogen) atoms. The van der Waals surface area contributed by atoms with Crippen LogP contribution in [0.15, 0.2) is 0 Å². The third-order valence-corrected chi connectivity index (χ3v) is 3.95. The zero-order valence-electron chi connectivity index (χ0n) is 11.1. The lowest BCUT2D eigenvalue weighted by molar-refractivity contribution is 0.222. The summed E-state index contributed by atoms with van der Waals surface area (Å²) in [4.78, 5) is 14.1. The van der Waals surface area contributed by atoms with Crippen LogP contribution >= 0.6 is 11.6 Å². The van der Waals surface area contributed by atoms with Crippen LogP contribution in [-0.4, -0.2) is 28.0 Å². The highest BCUT2D eigenvalue weighted by atomic mass is 35.5. The first-order chi connectivity index (χ1) is 8.37. The molecule has 1 fully saturated rings. The van der Waals surface area contributed by atoms with E-state index in [0.29, 0.717) is 17.4 Å². The Labute approximate surface area is 113 Å². The number of nitrogen functional groups attached to an aromatic ring is 1. The first-order valence-corrected chi connectivity index (χ1v) is 6.65. The van der Waals surface area contributed by atoms with Crippen molar-refractivity contribution < 1.29 is 0 Å². The van der Waals surface area contributed by atoms with Crippen LogP contribution in [0.2, 0.25) is 5.28 Å². The Morgan fingerprint density at radius 3 is 2.39 bits per heavy atom. The lowest BCUT2D eigenvalue weighted by Crippen LogP contribution is -2.38. The molecule has 1 aliphatic rings. The van der Waals surface area contributed by atoms with Crippen LogP contribution in [0, 0.1) is 5.41 Å². The number of hydrogen-bond acceptors (Lipinski definition) is 5. The van der Waals surface area contributed by atoms with Crippen LogP contribution in [0.25, 0.3) is 0 Å². The van der Waals surface area contributed by atoms with Gasteiger partial charge >= 0.3 is 0 Å². The third-order valence-electron chi connectivity index (χ3n) is 3.79. The molecule has 2 rings (SSSR count). The normalized spacial score (nSPS) is 19.8. The number of rotatable bonds is 2. The highest BCUT2D eigenvalue weighted by Gasteiger charge is 2.29. The van der Waals surface area contributed by atoms with Gasteiger partial charge in [-0.15, -0.1) is 0 Å². The van der Waals surface area contributed by atoms with Gasteiger partial charge in [-0.3, -0.25) is 0 Å². The number of nitrogens with two attached hydrogens (primary N) is 1. The van der Waals surface area contributed by atoms with Gasteiger partial charge in [0, 0.05) is 13.1 Å². The number of halogens is 1. The van der Waals surface area contributed by atoms with E-state index in [2.05, 4.69) is 33.7 Å². The molecule has 100 valence electrons. The second-order valence-corrected chi connectivity index (χ2v) is 6.11. The van der Waals surface area contributed by atoms with Crippen LogP contribution < -0.4 is 10.6 Å². The summed E-state index contributed by atoms with van der Waals surface area (Å²) in [6.45, 7) is 4.64. The number of aromatic nitrogens is 3. The minimum absolute atomic E-state index is 0.153. The SMILES string of the molecule is CN(c1nc(N)nc(Cl)n1)C1CCC(C)(C)CC1. The van der Waals surface area contributed by atoms with Gasteiger partial charge in [0.2, 0.25) is 17.2 Å². The van der Waals surface area contributed by atoms with Crippen molar-refractivity contribution >= 4 is 23.5 Å². The molecule has 0 aromatic carbocycles. The Morgan fingerprint density at radius 1 is 1.22 bits per heavy atom. The monoisotopic (exact) mass is 269 g/mol. The molecule has 2 N–H and O–H groups in total. The van der Waals surface area contributed by atoms with Gasteiger partial charge in [-0.1, -0.05) is 13.8 Å². The molecule has 0 aliphatic heterocycles. The van der Waals surface area contributed by atoms with E-state index in [1.807, 2.05) is 7.05 Å². The average Bonchev–Trinajstić information content (AvgIpc) is 2.27. The number of hydrogen-bond donors (Lipinski definition) is 1. The Bertz CT molecular complexity index is 404. The first-order valence-electron chi connectivity index (χ1n) is 6.27. The quantitative estimate of drug-likeness (QED) is 0.893. The molecular weight excluding hydrogens is 250 g/mol. The molecule has 0 spiro atoms. The Hall–Kier alpha value is -1.10. The summed E-state index contributed by atoms with van der Waals surface area (Å²) in [6, 6.07) is 0.455. The van der Waals surface area contributed by atoms with E-state index in [0.717, 1.165) is 12.8 Å². The minimum Gasteiger partial charge on any atom is -0.368 e. The molecule has 0 atom stereocenters. The second kappa shape index (κ2) is 4.88. The van der Waals surface area contributed by atoms with Crippen molar-refractivity contribution in [3.63, 3.8) is 0 Å². The van der Waals surface area contributed by atoms with Crippen molar-refractivity contribution in [3.05, 3.63) is 5.28 Å². The second-order valence-electron chi connectivity index (χ2n) is 5.77. The zero-order chi connectivity index (χ0) is 13.3. The Kier molecular flexibility index (Phi) is 3.61.